The van der Waals surface area contributed by atoms with E-state index in [1.165, 1.54) is 4.31 Å². The molecule has 1 saturated heterocycles. The van der Waals surface area contributed by atoms with Crippen LogP contribution in [0, 0.1) is 11.8 Å². The molecular weight excluding hydrogens is 254 g/mol. The quantitative estimate of drug-likeness (QED) is 0.792. The molecule has 1 saturated carbocycles. The van der Waals surface area contributed by atoms with E-state index in [0.29, 0.717) is 19.0 Å². The van der Waals surface area contributed by atoms with Crippen LogP contribution in [0.4, 0.5) is 0 Å². The number of hydrogen-bond donors (Lipinski definition) is 1. The molecular formula is C12H23NO4S. The summed E-state index contributed by atoms with van der Waals surface area (Å²) < 4.78 is 31.1. The van der Waals surface area contributed by atoms with Gasteiger partial charge in [0.1, 0.15) is 0 Å². The van der Waals surface area contributed by atoms with E-state index in [1.54, 1.807) is 0 Å². The zero-order chi connectivity index (χ0) is 13.3. The van der Waals surface area contributed by atoms with Gasteiger partial charge in [0.25, 0.3) is 0 Å². The van der Waals surface area contributed by atoms with E-state index in [0.717, 1.165) is 12.8 Å². The monoisotopic (exact) mass is 277 g/mol. The highest BCUT2D eigenvalue weighted by molar-refractivity contribution is 7.89. The van der Waals surface area contributed by atoms with Crippen LogP contribution in [0.15, 0.2) is 0 Å². The van der Waals surface area contributed by atoms with E-state index in [9.17, 15) is 13.5 Å². The first-order valence-electron chi connectivity index (χ1n) is 6.67. The summed E-state index contributed by atoms with van der Waals surface area (Å²) in [6.45, 7) is 5.09. The van der Waals surface area contributed by atoms with Crippen LogP contribution in [0.1, 0.15) is 26.7 Å². The summed E-state index contributed by atoms with van der Waals surface area (Å²) in [6.07, 6.45) is 1.50. The van der Waals surface area contributed by atoms with E-state index in [1.807, 2.05) is 13.8 Å². The van der Waals surface area contributed by atoms with E-state index < -0.39 is 10.0 Å². The van der Waals surface area contributed by atoms with Crippen LogP contribution in [-0.4, -0.2) is 55.5 Å². The molecule has 2 fully saturated rings. The Hall–Kier alpha value is -0.170. The van der Waals surface area contributed by atoms with Gasteiger partial charge in [-0.1, -0.05) is 0 Å². The van der Waals surface area contributed by atoms with Crippen molar-refractivity contribution in [2.75, 3.05) is 25.4 Å². The standard InChI is InChI=1S/C12H23NO4S/c1-9(2)17-5-6-18(15,16)13-7-10-3-4-12(14)11(10)8-13/h9-12,14H,3-8H2,1-2H3. The third kappa shape index (κ3) is 3.04. The van der Waals surface area contributed by atoms with Gasteiger partial charge in [0.15, 0.2) is 0 Å². The minimum atomic E-state index is -3.22. The maximum Gasteiger partial charge on any atom is 0.216 e. The highest BCUT2D eigenvalue weighted by Crippen LogP contribution is 2.39. The van der Waals surface area contributed by atoms with Crippen LogP contribution in [0.5, 0.6) is 0 Å². The molecule has 0 bridgehead atoms. The molecule has 0 amide bonds. The number of ether oxygens (including phenoxy) is 1. The summed E-state index contributed by atoms with van der Waals surface area (Å²) >= 11 is 0. The first-order valence-corrected chi connectivity index (χ1v) is 8.28. The number of sulfonamides is 1. The zero-order valence-corrected chi connectivity index (χ0v) is 11.9. The van der Waals surface area contributed by atoms with Gasteiger partial charge in [0.2, 0.25) is 10.0 Å². The Morgan fingerprint density at radius 2 is 2.06 bits per heavy atom. The molecule has 18 heavy (non-hydrogen) atoms. The molecule has 0 radical (unpaired) electrons. The first-order chi connectivity index (χ1) is 8.40. The van der Waals surface area contributed by atoms with Gasteiger partial charge in [-0.15, -0.1) is 0 Å². The molecule has 0 aromatic heterocycles. The molecule has 5 nitrogen and oxygen atoms in total. The van der Waals surface area contributed by atoms with E-state index in [4.69, 9.17) is 4.74 Å². The van der Waals surface area contributed by atoms with Crippen LogP contribution < -0.4 is 0 Å². The van der Waals surface area contributed by atoms with Crippen LogP contribution >= 0.6 is 0 Å². The number of fused-ring (bicyclic) bond motifs is 1. The van der Waals surface area contributed by atoms with Crippen LogP contribution in [-0.2, 0) is 14.8 Å². The Kier molecular flexibility index (Phi) is 4.31. The number of rotatable bonds is 5. The Bertz CT molecular complexity index is 382. The predicted molar refractivity (Wildman–Crippen MR) is 68.7 cm³/mol. The van der Waals surface area contributed by atoms with Crippen LogP contribution in [0.25, 0.3) is 0 Å². The van der Waals surface area contributed by atoms with Gasteiger partial charge in [0, 0.05) is 19.0 Å². The third-order valence-corrected chi connectivity index (χ3v) is 5.74. The average molecular weight is 277 g/mol. The van der Waals surface area contributed by atoms with Crippen molar-refractivity contribution in [2.45, 2.75) is 38.9 Å². The lowest BCUT2D eigenvalue weighted by Crippen LogP contribution is -2.34. The predicted octanol–water partition coefficient (Wildman–Crippen LogP) is 0.444. The Morgan fingerprint density at radius 3 is 2.67 bits per heavy atom. The van der Waals surface area contributed by atoms with Gasteiger partial charge in [-0.2, -0.15) is 0 Å². The maximum atomic E-state index is 12.1. The lowest BCUT2D eigenvalue weighted by atomic mass is 10.00. The van der Waals surface area contributed by atoms with Gasteiger partial charge in [0.05, 0.1) is 24.6 Å². The molecule has 106 valence electrons. The van der Waals surface area contributed by atoms with Crippen molar-refractivity contribution in [1.29, 1.82) is 0 Å². The molecule has 0 aromatic rings. The fourth-order valence-electron chi connectivity index (χ4n) is 2.94. The van der Waals surface area contributed by atoms with Gasteiger partial charge in [-0.25, -0.2) is 12.7 Å². The van der Waals surface area contributed by atoms with Crippen molar-refractivity contribution in [3.05, 3.63) is 0 Å². The number of nitrogens with zero attached hydrogens (tertiary/aromatic N) is 1. The number of hydrogen-bond acceptors (Lipinski definition) is 4. The first kappa shape index (κ1) is 14.2. The van der Waals surface area contributed by atoms with Crippen LogP contribution in [0.2, 0.25) is 0 Å². The van der Waals surface area contributed by atoms with Gasteiger partial charge in [-0.3, -0.25) is 0 Å². The molecule has 3 atom stereocenters. The smallest absolute Gasteiger partial charge is 0.216 e. The molecule has 2 aliphatic rings. The van der Waals surface area contributed by atoms with Crippen molar-refractivity contribution in [2.24, 2.45) is 11.8 Å². The summed E-state index contributed by atoms with van der Waals surface area (Å²) in [5.41, 5.74) is 0. The minimum absolute atomic E-state index is 0.0424. The second-order valence-corrected chi connectivity index (χ2v) is 7.71. The third-order valence-electron chi connectivity index (χ3n) is 3.97. The SMILES string of the molecule is CC(C)OCCS(=O)(=O)N1CC2CCC(O)C2C1. The highest BCUT2D eigenvalue weighted by Gasteiger charge is 2.45. The minimum Gasteiger partial charge on any atom is -0.393 e. The lowest BCUT2D eigenvalue weighted by molar-refractivity contribution is 0.0906. The number of aliphatic hydroxyl groups is 1. The second kappa shape index (κ2) is 5.45. The second-order valence-electron chi connectivity index (χ2n) is 5.62. The molecule has 1 aliphatic heterocycles. The Labute approximate surface area is 109 Å². The summed E-state index contributed by atoms with van der Waals surface area (Å²) in [5, 5.41) is 9.79. The fraction of sp³-hybridized carbons (Fsp3) is 1.00. The van der Waals surface area contributed by atoms with Crippen molar-refractivity contribution < 1.29 is 18.3 Å². The molecule has 2 rings (SSSR count). The summed E-state index contributed by atoms with van der Waals surface area (Å²) in [5.74, 6) is 0.535. The zero-order valence-electron chi connectivity index (χ0n) is 11.1. The number of aliphatic hydroxyl groups excluding tert-OH is 1. The summed E-state index contributed by atoms with van der Waals surface area (Å²) in [4.78, 5) is 0. The molecule has 0 spiro atoms. The Morgan fingerprint density at radius 1 is 1.33 bits per heavy atom. The van der Waals surface area contributed by atoms with Crippen molar-refractivity contribution in [3.63, 3.8) is 0 Å². The van der Waals surface area contributed by atoms with E-state index in [-0.39, 0.29) is 30.5 Å². The largest absolute Gasteiger partial charge is 0.393 e. The van der Waals surface area contributed by atoms with Gasteiger partial charge < -0.3 is 9.84 Å². The van der Waals surface area contributed by atoms with Crippen molar-refractivity contribution in [1.82, 2.24) is 4.31 Å². The van der Waals surface area contributed by atoms with Crippen LogP contribution in [0.3, 0.4) is 0 Å². The van der Waals surface area contributed by atoms with Gasteiger partial charge >= 0.3 is 0 Å². The lowest BCUT2D eigenvalue weighted by Gasteiger charge is -2.18. The normalized spacial score (nSPS) is 33.2. The molecule has 0 aromatic carbocycles. The van der Waals surface area contributed by atoms with Crippen molar-refractivity contribution >= 4 is 10.0 Å². The summed E-state index contributed by atoms with van der Waals surface area (Å²) in [7, 11) is -3.22. The van der Waals surface area contributed by atoms with E-state index in [2.05, 4.69) is 0 Å². The molecule has 3 unspecified atom stereocenters. The Balaban J connectivity index is 1.88. The highest BCUT2D eigenvalue weighted by atomic mass is 32.2. The van der Waals surface area contributed by atoms with Gasteiger partial charge in [-0.05, 0) is 32.6 Å². The molecule has 1 N–H and O–H groups in total. The van der Waals surface area contributed by atoms with Crippen molar-refractivity contribution in [3.8, 4) is 0 Å². The summed E-state index contributed by atoms with van der Waals surface area (Å²) in [6, 6.07) is 0. The van der Waals surface area contributed by atoms with E-state index >= 15 is 0 Å². The molecule has 1 aliphatic carbocycles. The maximum absolute atomic E-state index is 12.1. The molecule has 6 heteroatoms. The topological polar surface area (TPSA) is 66.8 Å². The average Bonchev–Trinajstić information content (AvgIpc) is 2.81. The molecule has 1 heterocycles. The fourth-order valence-corrected chi connectivity index (χ4v) is 4.32.